The number of rotatable bonds is 42. The summed E-state index contributed by atoms with van der Waals surface area (Å²) in [6.45, 7) is 1.71. The average molecular weight is 1090 g/mol. The molecule has 0 radical (unpaired) electrons. The molecule has 3 rings (SSSR count). The van der Waals surface area contributed by atoms with Crippen LogP contribution in [0.3, 0.4) is 0 Å². The number of amides is 1. The first-order chi connectivity index (χ1) is 36.8. The summed E-state index contributed by atoms with van der Waals surface area (Å²) in [6.07, 6.45) is 15.5. The van der Waals surface area contributed by atoms with Gasteiger partial charge in [0.25, 0.3) is 0 Å². The first-order valence-corrected chi connectivity index (χ1v) is 29.2. The number of aliphatic hydroxyl groups is 11. The van der Waals surface area contributed by atoms with Crippen molar-refractivity contribution in [3.8, 4) is 0 Å². The highest BCUT2D eigenvalue weighted by molar-refractivity contribution is 5.76. The maximum Gasteiger partial charge on any atom is 0.220 e. The summed E-state index contributed by atoms with van der Waals surface area (Å²) in [4.78, 5) is 13.3. The Labute approximate surface area is 453 Å². The largest absolute Gasteiger partial charge is 0.394 e. The molecule has 3 aliphatic heterocycles. The fourth-order valence-corrected chi connectivity index (χ4v) is 9.85. The van der Waals surface area contributed by atoms with Gasteiger partial charge in [-0.05, 0) is 51.4 Å². The van der Waals surface area contributed by atoms with Crippen LogP contribution in [0.1, 0.15) is 187 Å². The predicted molar refractivity (Wildman–Crippen MR) is 286 cm³/mol. The van der Waals surface area contributed by atoms with E-state index in [-0.39, 0.29) is 18.9 Å². The van der Waals surface area contributed by atoms with Crippen LogP contribution in [0.2, 0.25) is 0 Å². The molecular formula is C57H103NO18. The van der Waals surface area contributed by atoms with Crippen LogP contribution in [-0.4, -0.2) is 193 Å². The van der Waals surface area contributed by atoms with E-state index in [0.717, 1.165) is 77.0 Å². The molecule has 0 saturated carbocycles. The molecule has 0 bridgehead atoms. The lowest BCUT2D eigenvalue weighted by molar-refractivity contribution is -0.379. The van der Waals surface area contributed by atoms with Crippen molar-refractivity contribution in [2.24, 2.45) is 0 Å². The van der Waals surface area contributed by atoms with Gasteiger partial charge in [-0.1, -0.05) is 166 Å². The molecule has 0 aromatic rings. The summed E-state index contributed by atoms with van der Waals surface area (Å²) in [5.41, 5.74) is 0. The van der Waals surface area contributed by atoms with Crippen molar-refractivity contribution >= 4 is 5.91 Å². The average Bonchev–Trinajstić information content (AvgIpc) is 3.42. The lowest BCUT2D eigenvalue weighted by atomic mass is 9.96. The Morgan fingerprint density at radius 2 is 0.868 bits per heavy atom. The van der Waals surface area contributed by atoms with E-state index in [1.807, 2.05) is 0 Å². The van der Waals surface area contributed by atoms with Gasteiger partial charge in [0.05, 0.1) is 38.6 Å². The maximum absolute atomic E-state index is 13.3. The number of ether oxygens (including phenoxy) is 6. The third-order valence-corrected chi connectivity index (χ3v) is 14.7. The Kier molecular flexibility index (Phi) is 36.9. The van der Waals surface area contributed by atoms with Crippen molar-refractivity contribution < 1.29 is 89.4 Å². The molecule has 1 amide bonds. The van der Waals surface area contributed by atoms with E-state index in [0.29, 0.717) is 12.8 Å². The smallest absolute Gasteiger partial charge is 0.220 e. The zero-order valence-corrected chi connectivity index (χ0v) is 46.0. The zero-order valence-electron chi connectivity index (χ0n) is 46.0. The number of carbonyl (C=O) groups excluding carboxylic acids is 1. The Balaban J connectivity index is 1.44. The van der Waals surface area contributed by atoms with E-state index in [9.17, 15) is 61.0 Å². The van der Waals surface area contributed by atoms with Crippen LogP contribution < -0.4 is 5.32 Å². The van der Waals surface area contributed by atoms with Gasteiger partial charge in [-0.15, -0.1) is 0 Å². The number of carbonyl (C=O) groups is 1. The summed E-state index contributed by atoms with van der Waals surface area (Å²) in [7, 11) is 0. The molecule has 0 aromatic carbocycles. The van der Waals surface area contributed by atoms with Crippen molar-refractivity contribution in [1.29, 1.82) is 0 Å². The van der Waals surface area contributed by atoms with Crippen molar-refractivity contribution in [2.45, 2.75) is 291 Å². The van der Waals surface area contributed by atoms with Gasteiger partial charge in [0.2, 0.25) is 5.91 Å². The standard InChI is InChI=1S/C57H103NO18/c1-3-5-7-9-11-13-14-15-16-17-18-19-20-21-22-23-24-25-26-27-29-31-33-35-45(63)58-40(41(62)34-32-30-28-12-10-8-6-4-2)39-71-55-51(69)48(66)53(43(37-60)73-55)76-57-52(70)49(67)54(44(38-61)74-57)75-56-50(68)47(65)46(64)42(36-59)72-56/h14-15,17-18,20-21,40-44,46-57,59-62,64-70H,3-13,16,19,22-39H2,1-2H3,(H,58,63)/b15-14-,18-17-,21-20-. The SMILES string of the molecule is CCCCCCC/C=C\C/C=C\C/C=C\CCCCCCCCCCC(=O)NC(COC1OC(CO)C(OC2OC(CO)C(OC3OC(CO)C(O)C(O)C3O)C(O)C2O)C(O)C1O)C(O)CCCCCCCCCC. The van der Waals surface area contributed by atoms with Crippen molar-refractivity contribution in [2.75, 3.05) is 26.4 Å². The van der Waals surface area contributed by atoms with Gasteiger partial charge in [-0.2, -0.15) is 0 Å². The fraction of sp³-hybridized carbons (Fsp3) is 0.877. The molecule has 3 fully saturated rings. The minimum atomic E-state index is -1.97. The monoisotopic (exact) mass is 1090 g/mol. The van der Waals surface area contributed by atoms with Crippen LogP contribution >= 0.6 is 0 Å². The molecule has 17 atom stereocenters. The summed E-state index contributed by atoms with van der Waals surface area (Å²) in [5.74, 6) is -0.255. The van der Waals surface area contributed by atoms with Gasteiger partial charge in [0.1, 0.15) is 73.2 Å². The molecule has 3 saturated heterocycles. The quantitative estimate of drug-likeness (QED) is 0.0295. The van der Waals surface area contributed by atoms with Crippen molar-refractivity contribution in [3.63, 3.8) is 0 Å². The Morgan fingerprint density at radius 1 is 0.474 bits per heavy atom. The second-order valence-corrected chi connectivity index (χ2v) is 21.1. The maximum atomic E-state index is 13.3. The van der Waals surface area contributed by atoms with E-state index >= 15 is 0 Å². The fourth-order valence-electron chi connectivity index (χ4n) is 9.85. The zero-order chi connectivity index (χ0) is 55.5. The Hall–Kier alpha value is -1.99. The number of hydrogen-bond acceptors (Lipinski definition) is 18. The molecule has 19 nitrogen and oxygen atoms in total. The van der Waals surface area contributed by atoms with Gasteiger partial charge in [-0.3, -0.25) is 4.79 Å². The number of aliphatic hydroxyl groups excluding tert-OH is 11. The van der Waals surface area contributed by atoms with Crippen LogP contribution in [0.15, 0.2) is 36.5 Å². The third-order valence-electron chi connectivity index (χ3n) is 14.7. The van der Waals surface area contributed by atoms with Gasteiger partial charge >= 0.3 is 0 Å². The normalized spacial score (nSPS) is 31.2. The molecule has 0 aromatic heterocycles. The van der Waals surface area contributed by atoms with E-state index in [4.69, 9.17) is 28.4 Å². The van der Waals surface area contributed by atoms with E-state index in [2.05, 4.69) is 55.6 Å². The van der Waals surface area contributed by atoms with Gasteiger partial charge in [0.15, 0.2) is 18.9 Å². The van der Waals surface area contributed by atoms with Crippen LogP contribution in [0, 0.1) is 0 Å². The lowest BCUT2D eigenvalue weighted by Gasteiger charge is -2.48. The molecule has 444 valence electrons. The van der Waals surface area contributed by atoms with Gasteiger partial charge in [0, 0.05) is 6.42 Å². The molecular weight excluding hydrogens is 987 g/mol. The molecule has 3 aliphatic rings. The number of hydrogen-bond donors (Lipinski definition) is 12. The van der Waals surface area contributed by atoms with Crippen LogP contribution in [0.25, 0.3) is 0 Å². The molecule has 0 spiro atoms. The topological polar surface area (TPSA) is 307 Å². The van der Waals surface area contributed by atoms with Crippen molar-refractivity contribution in [3.05, 3.63) is 36.5 Å². The van der Waals surface area contributed by atoms with E-state index in [1.54, 1.807) is 0 Å². The predicted octanol–water partition coefficient (Wildman–Crippen LogP) is 4.54. The molecule has 3 heterocycles. The highest BCUT2D eigenvalue weighted by Crippen LogP contribution is 2.33. The highest BCUT2D eigenvalue weighted by atomic mass is 16.8. The first-order valence-electron chi connectivity index (χ1n) is 29.2. The Morgan fingerprint density at radius 3 is 1.36 bits per heavy atom. The molecule has 17 unspecified atom stereocenters. The summed E-state index contributed by atoms with van der Waals surface area (Å²) < 4.78 is 34.2. The van der Waals surface area contributed by atoms with Crippen LogP contribution in [0.4, 0.5) is 0 Å². The van der Waals surface area contributed by atoms with E-state index in [1.165, 1.54) is 77.0 Å². The molecule has 19 heteroatoms. The molecule has 76 heavy (non-hydrogen) atoms. The molecule has 0 aliphatic carbocycles. The minimum absolute atomic E-state index is 0.255. The summed E-state index contributed by atoms with van der Waals surface area (Å²) in [6, 6.07) is -0.888. The highest BCUT2D eigenvalue weighted by Gasteiger charge is 2.53. The number of nitrogens with one attached hydrogen (secondary N) is 1. The van der Waals surface area contributed by atoms with E-state index < -0.39 is 124 Å². The molecule has 12 N–H and O–H groups in total. The number of allylic oxidation sites excluding steroid dienone is 6. The van der Waals surface area contributed by atoms with Gasteiger partial charge < -0.3 is 89.9 Å². The second-order valence-electron chi connectivity index (χ2n) is 21.1. The third kappa shape index (κ3) is 25.2. The first kappa shape index (κ1) is 68.3. The van der Waals surface area contributed by atoms with Gasteiger partial charge in [-0.25, -0.2) is 0 Å². The van der Waals surface area contributed by atoms with Crippen LogP contribution in [0.5, 0.6) is 0 Å². The minimum Gasteiger partial charge on any atom is -0.394 e. The number of unbranched alkanes of at least 4 members (excludes halogenated alkanes) is 20. The summed E-state index contributed by atoms with van der Waals surface area (Å²) in [5, 5.41) is 120. The van der Waals surface area contributed by atoms with Crippen molar-refractivity contribution in [1.82, 2.24) is 5.32 Å². The summed E-state index contributed by atoms with van der Waals surface area (Å²) >= 11 is 0. The van der Waals surface area contributed by atoms with Crippen LogP contribution in [-0.2, 0) is 33.2 Å². The Bertz CT molecular complexity index is 1540. The second kappa shape index (κ2) is 41.1. The lowest BCUT2D eigenvalue weighted by Crippen LogP contribution is -2.66.